The summed E-state index contributed by atoms with van der Waals surface area (Å²) in [6.45, 7) is -0.623. The van der Waals surface area contributed by atoms with E-state index in [-0.39, 0.29) is 11.1 Å². The number of rotatable bonds is 4. The maximum atomic E-state index is 13.1. The predicted molar refractivity (Wildman–Crippen MR) is 100 cm³/mol. The van der Waals surface area contributed by atoms with Crippen molar-refractivity contribution in [3.05, 3.63) is 82.6 Å². The monoisotopic (exact) mass is 406 g/mol. The van der Waals surface area contributed by atoms with E-state index in [2.05, 4.69) is 10.3 Å². The Morgan fingerprint density at radius 2 is 1.86 bits per heavy atom. The number of pyridine rings is 1. The summed E-state index contributed by atoms with van der Waals surface area (Å²) in [5.74, 6) is -0.762. The highest BCUT2D eigenvalue weighted by molar-refractivity contribution is 6.33. The number of hydrogen-bond acceptors (Lipinski definition) is 3. The van der Waals surface area contributed by atoms with Crippen molar-refractivity contribution in [2.45, 2.75) is 12.8 Å². The van der Waals surface area contributed by atoms with Gasteiger partial charge in [0.05, 0.1) is 24.1 Å². The highest BCUT2D eigenvalue weighted by Crippen LogP contribution is 2.34. The van der Waals surface area contributed by atoms with E-state index in [1.807, 2.05) is 0 Å². The molecule has 0 aliphatic carbocycles. The molecule has 0 aliphatic rings. The highest BCUT2D eigenvalue weighted by Gasteiger charge is 2.31. The van der Waals surface area contributed by atoms with Crippen LogP contribution in [0.2, 0.25) is 5.02 Å². The molecule has 1 amide bonds. The lowest BCUT2D eigenvalue weighted by atomic mass is 10.0. The maximum Gasteiger partial charge on any atom is 0.416 e. The number of nitrogens with one attached hydrogen (secondary N) is 1. The normalized spacial score (nSPS) is 11.3. The van der Waals surface area contributed by atoms with Crippen LogP contribution < -0.4 is 5.32 Å². The molecule has 0 unspecified atom stereocenters. The molecule has 0 fully saturated rings. The first-order valence-electron chi connectivity index (χ1n) is 8.12. The smallest absolute Gasteiger partial charge is 0.392 e. The van der Waals surface area contributed by atoms with Crippen LogP contribution in [-0.2, 0) is 12.8 Å². The summed E-state index contributed by atoms with van der Waals surface area (Å²) in [5.41, 5.74) is 0.251. The summed E-state index contributed by atoms with van der Waals surface area (Å²) in [5, 5.41) is 12.2. The molecule has 4 nitrogen and oxygen atoms in total. The summed E-state index contributed by atoms with van der Waals surface area (Å²) < 4.78 is 39.2. The van der Waals surface area contributed by atoms with Gasteiger partial charge < -0.3 is 10.4 Å². The number of nitrogens with zero attached hydrogens (tertiary/aromatic N) is 1. The maximum absolute atomic E-state index is 13.1. The van der Waals surface area contributed by atoms with Crippen LogP contribution in [0.25, 0.3) is 11.1 Å². The molecule has 1 heterocycles. The summed E-state index contributed by atoms with van der Waals surface area (Å²) >= 11 is 6.21. The zero-order chi connectivity index (χ0) is 20.3. The first-order valence-corrected chi connectivity index (χ1v) is 8.49. The summed E-state index contributed by atoms with van der Waals surface area (Å²) in [6, 6.07) is 11.3. The van der Waals surface area contributed by atoms with Crippen LogP contribution >= 0.6 is 11.6 Å². The van der Waals surface area contributed by atoms with Gasteiger partial charge in [0.2, 0.25) is 0 Å². The van der Waals surface area contributed by atoms with Crippen molar-refractivity contribution in [1.29, 1.82) is 0 Å². The van der Waals surface area contributed by atoms with Crippen molar-refractivity contribution < 1.29 is 23.1 Å². The van der Waals surface area contributed by atoms with E-state index >= 15 is 0 Å². The molecule has 0 saturated heterocycles. The van der Waals surface area contributed by atoms with Gasteiger partial charge >= 0.3 is 6.18 Å². The van der Waals surface area contributed by atoms with Crippen LogP contribution in [0.15, 0.2) is 60.9 Å². The third kappa shape index (κ3) is 4.32. The van der Waals surface area contributed by atoms with E-state index in [1.54, 1.807) is 30.3 Å². The van der Waals surface area contributed by atoms with Gasteiger partial charge in [-0.15, -0.1) is 0 Å². The Kier molecular flexibility index (Phi) is 5.67. The molecule has 2 aromatic carbocycles. The van der Waals surface area contributed by atoms with Gasteiger partial charge in [-0.25, -0.2) is 0 Å². The fourth-order valence-electron chi connectivity index (χ4n) is 2.68. The van der Waals surface area contributed by atoms with E-state index in [1.165, 1.54) is 18.5 Å². The molecular formula is C20H14ClF3N2O2. The highest BCUT2D eigenvalue weighted by atomic mass is 35.5. The van der Waals surface area contributed by atoms with Gasteiger partial charge in [0.25, 0.3) is 5.91 Å². The minimum Gasteiger partial charge on any atom is -0.392 e. The molecule has 0 atom stereocenters. The van der Waals surface area contributed by atoms with Crippen LogP contribution in [-0.4, -0.2) is 16.0 Å². The van der Waals surface area contributed by atoms with Gasteiger partial charge in [0.15, 0.2) is 0 Å². The standard InChI is InChI=1S/C20H14ClF3N2O2/c21-17-4-2-1-3-15(17)16-5-6-25-10-18(16)26-19(28)13-7-12(11-27)8-14(9-13)20(22,23)24/h1-10,27H,11H2,(H,26,28). The first-order chi connectivity index (χ1) is 13.3. The van der Waals surface area contributed by atoms with Crippen LogP contribution in [0, 0.1) is 0 Å². The molecule has 0 spiro atoms. The van der Waals surface area contributed by atoms with E-state index in [0.29, 0.717) is 21.8 Å². The first kappa shape index (κ1) is 19.9. The Labute approximate surface area is 163 Å². The van der Waals surface area contributed by atoms with Crippen molar-refractivity contribution in [3.63, 3.8) is 0 Å². The number of anilines is 1. The molecule has 144 valence electrons. The zero-order valence-electron chi connectivity index (χ0n) is 14.3. The zero-order valence-corrected chi connectivity index (χ0v) is 15.1. The number of halogens is 4. The summed E-state index contributed by atoms with van der Waals surface area (Å²) in [6.07, 6.45) is -1.74. The number of carbonyl (C=O) groups is 1. The molecule has 3 aromatic rings. The number of benzene rings is 2. The molecule has 1 aromatic heterocycles. The quantitative estimate of drug-likeness (QED) is 0.628. The third-order valence-corrected chi connectivity index (χ3v) is 4.33. The second-order valence-electron chi connectivity index (χ2n) is 5.93. The average molecular weight is 407 g/mol. The van der Waals surface area contributed by atoms with E-state index in [0.717, 1.165) is 12.1 Å². The lowest BCUT2D eigenvalue weighted by Gasteiger charge is -2.14. The van der Waals surface area contributed by atoms with Gasteiger partial charge in [-0.3, -0.25) is 9.78 Å². The van der Waals surface area contributed by atoms with Crippen molar-refractivity contribution in [2.24, 2.45) is 0 Å². The fraction of sp³-hybridized carbons (Fsp3) is 0.100. The number of alkyl halides is 3. The summed E-state index contributed by atoms with van der Waals surface area (Å²) in [7, 11) is 0. The van der Waals surface area contributed by atoms with Crippen LogP contribution in [0.4, 0.5) is 18.9 Å². The number of aromatic nitrogens is 1. The molecule has 0 bridgehead atoms. The lowest BCUT2D eigenvalue weighted by molar-refractivity contribution is -0.137. The molecule has 0 radical (unpaired) electrons. The van der Waals surface area contributed by atoms with E-state index in [9.17, 15) is 23.1 Å². The topological polar surface area (TPSA) is 62.2 Å². The van der Waals surface area contributed by atoms with Crippen molar-refractivity contribution >= 4 is 23.2 Å². The van der Waals surface area contributed by atoms with Crippen LogP contribution in [0.1, 0.15) is 21.5 Å². The number of aliphatic hydroxyl groups is 1. The number of amides is 1. The van der Waals surface area contributed by atoms with Crippen molar-refractivity contribution in [2.75, 3.05) is 5.32 Å². The fourth-order valence-corrected chi connectivity index (χ4v) is 2.92. The van der Waals surface area contributed by atoms with Crippen molar-refractivity contribution in [3.8, 4) is 11.1 Å². The van der Waals surface area contributed by atoms with E-state index < -0.39 is 24.3 Å². The van der Waals surface area contributed by atoms with Crippen LogP contribution in [0.5, 0.6) is 0 Å². The summed E-state index contributed by atoms with van der Waals surface area (Å²) in [4.78, 5) is 16.6. The molecule has 8 heteroatoms. The Morgan fingerprint density at radius 3 is 2.54 bits per heavy atom. The third-order valence-electron chi connectivity index (χ3n) is 4.00. The lowest BCUT2D eigenvalue weighted by Crippen LogP contribution is -2.15. The SMILES string of the molecule is O=C(Nc1cnccc1-c1ccccc1Cl)c1cc(CO)cc(C(F)(F)F)c1. The molecule has 0 aliphatic heterocycles. The largest absolute Gasteiger partial charge is 0.416 e. The predicted octanol–water partition coefficient (Wildman–Crippen LogP) is 5.17. The van der Waals surface area contributed by atoms with E-state index in [4.69, 9.17) is 11.6 Å². The van der Waals surface area contributed by atoms with Gasteiger partial charge in [-0.05, 0) is 35.9 Å². The van der Waals surface area contributed by atoms with Gasteiger partial charge in [-0.1, -0.05) is 29.8 Å². The van der Waals surface area contributed by atoms with Crippen LogP contribution in [0.3, 0.4) is 0 Å². The Balaban J connectivity index is 1.98. The molecule has 28 heavy (non-hydrogen) atoms. The number of carbonyl (C=O) groups excluding carboxylic acids is 1. The van der Waals surface area contributed by atoms with Crippen molar-refractivity contribution in [1.82, 2.24) is 4.98 Å². The second-order valence-corrected chi connectivity index (χ2v) is 6.34. The van der Waals surface area contributed by atoms with Gasteiger partial charge in [0.1, 0.15) is 0 Å². The number of hydrogen-bond donors (Lipinski definition) is 2. The molecule has 0 saturated carbocycles. The Bertz CT molecular complexity index is 1020. The second kappa shape index (κ2) is 8.00. The Hall–Kier alpha value is -2.90. The molecular weight excluding hydrogens is 393 g/mol. The molecule has 3 rings (SSSR count). The Morgan fingerprint density at radius 1 is 1.11 bits per heavy atom. The molecule has 2 N–H and O–H groups in total. The van der Waals surface area contributed by atoms with Gasteiger partial charge in [0, 0.05) is 27.9 Å². The minimum atomic E-state index is -4.64. The number of aliphatic hydroxyl groups excluding tert-OH is 1. The van der Waals surface area contributed by atoms with Gasteiger partial charge in [-0.2, -0.15) is 13.2 Å². The average Bonchev–Trinajstić information content (AvgIpc) is 2.68. The minimum absolute atomic E-state index is 0.0162.